The lowest BCUT2D eigenvalue weighted by Gasteiger charge is -2.16. The summed E-state index contributed by atoms with van der Waals surface area (Å²) < 4.78 is 12.8. The van der Waals surface area contributed by atoms with Crippen molar-refractivity contribution in [1.29, 1.82) is 0 Å². The molecule has 2 nitrogen and oxygen atoms in total. The van der Waals surface area contributed by atoms with Gasteiger partial charge in [0.15, 0.2) is 0 Å². The van der Waals surface area contributed by atoms with Crippen molar-refractivity contribution in [3.63, 3.8) is 0 Å². The van der Waals surface area contributed by atoms with E-state index in [2.05, 4.69) is 0 Å². The number of nitrogens with zero attached hydrogens (tertiary/aromatic N) is 1. The minimum atomic E-state index is -0.267. The SMILES string of the molecule is CCN(CC)C(=O)/C=C(\C)c1ccc(F)cc1. The molecule has 0 heterocycles. The lowest BCUT2D eigenvalue weighted by molar-refractivity contribution is -0.125. The maximum atomic E-state index is 12.8. The van der Waals surface area contributed by atoms with E-state index in [-0.39, 0.29) is 11.7 Å². The van der Waals surface area contributed by atoms with Gasteiger partial charge in [0.25, 0.3) is 0 Å². The number of halogens is 1. The molecule has 1 aromatic carbocycles. The molecule has 17 heavy (non-hydrogen) atoms. The first-order chi connectivity index (χ1) is 8.08. The third-order valence-corrected chi connectivity index (χ3v) is 2.71. The molecule has 0 fully saturated rings. The molecule has 0 aliphatic rings. The Morgan fingerprint density at radius 2 is 1.76 bits per heavy atom. The molecular formula is C14H18FNO. The van der Waals surface area contributed by atoms with Gasteiger partial charge in [0.1, 0.15) is 5.82 Å². The molecule has 3 heteroatoms. The first-order valence-corrected chi connectivity index (χ1v) is 5.81. The molecule has 0 aromatic heterocycles. The van der Waals surface area contributed by atoms with Crippen LogP contribution in [-0.4, -0.2) is 23.9 Å². The molecule has 0 N–H and O–H groups in total. The smallest absolute Gasteiger partial charge is 0.246 e. The molecule has 0 aliphatic heterocycles. The Morgan fingerprint density at radius 1 is 1.24 bits per heavy atom. The Bertz CT molecular complexity index is 405. The van der Waals surface area contributed by atoms with E-state index in [9.17, 15) is 9.18 Å². The van der Waals surface area contributed by atoms with E-state index in [1.165, 1.54) is 12.1 Å². The zero-order valence-corrected chi connectivity index (χ0v) is 10.5. The van der Waals surface area contributed by atoms with Crippen LogP contribution in [0.2, 0.25) is 0 Å². The van der Waals surface area contributed by atoms with E-state index < -0.39 is 0 Å². The van der Waals surface area contributed by atoms with Crippen LogP contribution in [0.5, 0.6) is 0 Å². The fourth-order valence-corrected chi connectivity index (χ4v) is 1.61. The first kappa shape index (κ1) is 13.4. The first-order valence-electron chi connectivity index (χ1n) is 5.81. The summed E-state index contributed by atoms with van der Waals surface area (Å²) in [5.41, 5.74) is 1.72. The highest BCUT2D eigenvalue weighted by molar-refractivity contribution is 5.94. The zero-order chi connectivity index (χ0) is 12.8. The standard InChI is InChI=1S/C14H18FNO/c1-4-16(5-2)14(17)10-11(3)12-6-8-13(15)9-7-12/h6-10H,4-5H2,1-3H3/b11-10+. The highest BCUT2D eigenvalue weighted by Crippen LogP contribution is 2.14. The van der Waals surface area contributed by atoms with Gasteiger partial charge in [0, 0.05) is 19.2 Å². The number of likely N-dealkylation sites (N-methyl/N-ethyl adjacent to an activating group) is 1. The van der Waals surface area contributed by atoms with E-state index in [4.69, 9.17) is 0 Å². The van der Waals surface area contributed by atoms with Gasteiger partial charge in [0.05, 0.1) is 0 Å². The van der Waals surface area contributed by atoms with Gasteiger partial charge in [-0.25, -0.2) is 4.39 Å². The molecule has 92 valence electrons. The maximum Gasteiger partial charge on any atom is 0.246 e. The number of carbonyl (C=O) groups excluding carboxylic acids is 1. The van der Waals surface area contributed by atoms with Gasteiger partial charge in [-0.05, 0) is 44.0 Å². The maximum absolute atomic E-state index is 12.8. The number of rotatable bonds is 4. The summed E-state index contributed by atoms with van der Waals surface area (Å²) in [6.07, 6.45) is 1.60. The summed E-state index contributed by atoms with van der Waals surface area (Å²) in [6, 6.07) is 6.15. The van der Waals surface area contributed by atoms with Crippen LogP contribution in [0, 0.1) is 5.82 Å². The number of amides is 1. The predicted molar refractivity (Wildman–Crippen MR) is 68.0 cm³/mol. The van der Waals surface area contributed by atoms with Gasteiger partial charge in [-0.15, -0.1) is 0 Å². The van der Waals surface area contributed by atoms with Crippen molar-refractivity contribution in [3.05, 3.63) is 41.7 Å². The second-order valence-electron chi connectivity index (χ2n) is 3.84. The fraction of sp³-hybridized carbons (Fsp3) is 0.357. The average molecular weight is 235 g/mol. The lowest BCUT2D eigenvalue weighted by Crippen LogP contribution is -2.28. The Labute approximate surface area is 102 Å². The monoisotopic (exact) mass is 235 g/mol. The average Bonchev–Trinajstić information content (AvgIpc) is 2.31. The van der Waals surface area contributed by atoms with Crippen molar-refractivity contribution in [2.75, 3.05) is 13.1 Å². The van der Waals surface area contributed by atoms with Crippen molar-refractivity contribution in [2.24, 2.45) is 0 Å². The molecule has 0 radical (unpaired) electrons. The molecular weight excluding hydrogens is 217 g/mol. The summed E-state index contributed by atoms with van der Waals surface area (Å²) in [7, 11) is 0. The number of hydrogen-bond acceptors (Lipinski definition) is 1. The number of hydrogen-bond donors (Lipinski definition) is 0. The van der Waals surface area contributed by atoms with Crippen molar-refractivity contribution in [2.45, 2.75) is 20.8 Å². The van der Waals surface area contributed by atoms with Crippen molar-refractivity contribution in [3.8, 4) is 0 Å². The van der Waals surface area contributed by atoms with E-state index in [1.807, 2.05) is 20.8 Å². The van der Waals surface area contributed by atoms with Gasteiger partial charge >= 0.3 is 0 Å². The summed E-state index contributed by atoms with van der Waals surface area (Å²) in [6.45, 7) is 7.14. The lowest BCUT2D eigenvalue weighted by atomic mass is 10.1. The summed E-state index contributed by atoms with van der Waals surface area (Å²) in [4.78, 5) is 13.6. The van der Waals surface area contributed by atoms with Crippen LogP contribution in [0.4, 0.5) is 4.39 Å². The van der Waals surface area contributed by atoms with Gasteiger partial charge in [-0.3, -0.25) is 4.79 Å². The second-order valence-corrected chi connectivity index (χ2v) is 3.84. The topological polar surface area (TPSA) is 20.3 Å². The fourth-order valence-electron chi connectivity index (χ4n) is 1.61. The molecule has 0 spiro atoms. The quantitative estimate of drug-likeness (QED) is 0.734. The minimum absolute atomic E-state index is 0.00294. The molecule has 0 bridgehead atoms. The van der Waals surface area contributed by atoms with E-state index in [0.29, 0.717) is 13.1 Å². The van der Waals surface area contributed by atoms with Gasteiger partial charge in [-0.1, -0.05) is 12.1 Å². The Hall–Kier alpha value is -1.64. The van der Waals surface area contributed by atoms with Crippen LogP contribution >= 0.6 is 0 Å². The van der Waals surface area contributed by atoms with E-state index in [0.717, 1.165) is 11.1 Å². The summed E-state index contributed by atoms with van der Waals surface area (Å²) in [5.74, 6) is -0.270. The molecule has 0 atom stereocenters. The van der Waals surface area contributed by atoms with Crippen LogP contribution in [0.25, 0.3) is 5.57 Å². The number of allylic oxidation sites excluding steroid dienone is 1. The largest absolute Gasteiger partial charge is 0.340 e. The van der Waals surface area contributed by atoms with Gasteiger partial charge in [-0.2, -0.15) is 0 Å². The Kier molecular flexibility index (Phi) is 4.88. The van der Waals surface area contributed by atoms with Gasteiger partial charge in [0.2, 0.25) is 5.91 Å². The third-order valence-electron chi connectivity index (χ3n) is 2.71. The van der Waals surface area contributed by atoms with Crippen LogP contribution < -0.4 is 0 Å². The predicted octanol–water partition coefficient (Wildman–Crippen LogP) is 3.10. The highest BCUT2D eigenvalue weighted by atomic mass is 19.1. The van der Waals surface area contributed by atoms with Crippen molar-refractivity contribution >= 4 is 11.5 Å². The Morgan fingerprint density at radius 3 is 2.24 bits per heavy atom. The zero-order valence-electron chi connectivity index (χ0n) is 10.5. The molecule has 0 saturated carbocycles. The molecule has 1 rings (SSSR count). The van der Waals surface area contributed by atoms with Crippen molar-refractivity contribution in [1.82, 2.24) is 4.90 Å². The normalized spacial score (nSPS) is 11.4. The van der Waals surface area contributed by atoms with E-state index >= 15 is 0 Å². The van der Waals surface area contributed by atoms with Crippen LogP contribution in [0.3, 0.4) is 0 Å². The second kappa shape index (κ2) is 6.18. The van der Waals surface area contributed by atoms with Crippen LogP contribution in [0.15, 0.2) is 30.3 Å². The van der Waals surface area contributed by atoms with Crippen LogP contribution in [-0.2, 0) is 4.79 Å². The third kappa shape index (κ3) is 3.70. The molecule has 1 amide bonds. The molecule has 0 unspecified atom stereocenters. The summed E-state index contributed by atoms with van der Waals surface area (Å²) in [5, 5.41) is 0. The van der Waals surface area contributed by atoms with Gasteiger partial charge < -0.3 is 4.90 Å². The highest BCUT2D eigenvalue weighted by Gasteiger charge is 2.07. The summed E-state index contributed by atoms with van der Waals surface area (Å²) >= 11 is 0. The minimum Gasteiger partial charge on any atom is -0.340 e. The molecule has 0 aliphatic carbocycles. The van der Waals surface area contributed by atoms with Crippen LogP contribution in [0.1, 0.15) is 26.3 Å². The van der Waals surface area contributed by atoms with E-state index in [1.54, 1.807) is 23.1 Å². The number of carbonyl (C=O) groups is 1. The number of benzene rings is 1. The molecule has 0 saturated heterocycles. The molecule has 1 aromatic rings. The van der Waals surface area contributed by atoms with Crippen molar-refractivity contribution < 1.29 is 9.18 Å². The Balaban J connectivity index is 2.85.